The van der Waals surface area contributed by atoms with E-state index in [4.69, 9.17) is 0 Å². The van der Waals surface area contributed by atoms with Gasteiger partial charge in [-0.25, -0.2) is 4.39 Å². The van der Waals surface area contributed by atoms with Crippen molar-refractivity contribution in [3.63, 3.8) is 0 Å². The van der Waals surface area contributed by atoms with E-state index in [-0.39, 0.29) is 18.1 Å². The monoisotopic (exact) mass is 366 g/mol. The van der Waals surface area contributed by atoms with Crippen molar-refractivity contribution < 1.29 is 14.3 Å². The molecule has 0 unspecified atom stereocenters. The van der Waals surface area contributed by atoms with Crippen molar-refractivity contribution in [2.24, 2.45) is 0 Å². The van der Waals surface area contributed by atoms with Crippen LogP contribution in [-0.2, 0) is 10.5 Å². The second-order valence-corrected chi connectivity index (χ2v) is 7.27. The highest BCUT2D eigenvalue weighted by atomic mass is 32.2. The lowest BCUT2D eigenvalue weighted by atomic mass is 9.85. The fourth-order valence-electron chi connectivity index (χ4n) is 3.57. The van der Waals surface area contributed by atoms with Crippen molar-refractivity contribution in [2.75, 3.05) is 5.75 Å². The Bertz CT molecular complexity index is 954. The molecule has 4 rings (SSSR count). The second kappa shape index (κ2) is 6.27. The van der Waals surface area contributed by atoms with E-state index in [0.717, 1.165) is 0 Å². The third kappa shape index (κ3) is 2.44. The number of benzene rings is 2. The molecule has 0 radical (unpaired) electrons. The standard InChI is InChI=1S/C20H15FN2O2S/c21-17-9-5-4-8-14(17)15-10-18(24)23-19(16(15)11-22)26-12-20(23,25)13-6-2-1-3-7-13/h1-9,15,25H,10,12H2/t15-,20-/m1/s1. The van der Waals surface area contributed by atoms with E-state index >= 15 is 0 Å². The Morgan fingerprint density at radius 3 is 2.58 bits per heavy atom. The number of nitriles is 1. The summed E-state index contributed by atoms with van der Waals surface area (Å²) >= 11 is 1.26. The number of nitrogens with zero attached hydrogens (tertiary/aromatic N) is 2. The molecule has 0 bridgehead atoms. The molecule has 1 amide bonds. The van der Waals surface area contributed by atoms with Crippen LogP contribution in [0.25, 0.3) is 0 Å². The molecule has 2 aromatic carbocycles. The first kappa shape index (κ1) is 16.8. The molecule has 1 saturated heterocycles. The van der Waals surface area contributed by atoms with Gasteiger partial charge in [0.25, 0.3) is 0 Å². The van der Waals surface area contributed by atoms with Gasteiger partial charge in [-0.15, -0.1) is 11.8 Å². The largest absolute Gasteiger partial charge is 0.366 e. The summed E-state index contributed by atoms with van der Waals surface area (Å²) in [4.78, 5) is 14.2. The molecule has 2 aliphatic rings. The summed E-state index contributed by atoms with van der Waals surface area (Å²) < 4.78 is 14.3. The van der Waals surface area contributed by atoms with Gasteiger partial charge in [0.05, 0.1) is 22.4 Å². The lowest BCUT2D eigenvalue weighted by Gasteiger charge is -2.38. The number of amides is 1. The Labute approximate surface area is 154 Å². The van der Waals surface area contributed by atoms with Crippen LogP contribution in [0.1, 0.15) is 23.5 Å². The molecule has 0 spiro atoms. The van der Waals surface area contributed by atoms with Crippen molar-refractivity contribution >= 4 is 17.7 Å². The highest BCUT2D eigenvalue weighted by molar-refractivity contribution is 8.03. The topological polar surface area (TPSA) is 64.3 Å². The summed E-state index contributed by atoms with van der Waals surface area (Å²) in [5, 5.41) is 21.4. The minimum absolute atomic E-state index is 0.0525. The van der Waals surface area contributed by atoms with Crippen LogP contribution < -0.4 is 0 Å². The fourth-order valence-corrected chi connectivity index (χ4v) is 4.93. The number of carbonyl (C=O) groups excluding carboxylic acids is 1. The Balaban J connectivity index is 1.84. The Hall–Kier alpha value is -2.62. The quantitative estimate of drug-likeness (QED) is 0.884. The predicted octanol–water partition coefficient (Wildman–Crippen LogP) is 3.47. The van der Waals surface area contributed by atoms with Crippen molar-refractivity contribution in [3.8, 4) is 6.07 Å². The SMILES string of the molecule is N#CC1=C2SC[C@@](O)(c3ccccc3)N2C(=O)C[C@@H]1c1ccccc1F. The molecule has 2 aromatic rings. The Morgan fingerprint density at radius 2 is 1.88 bits per heavy atom. The number of hydrogen-bond donors (Lipinski definition) is 1. The molecule has 1 fully saturated rings. The van der Waals surface area contributed by atoms with Gasteiger partial charge in [0.15, 0.2) is 5.72 Å². The zero-order valence-electron chi connectivity index (χ0n) is 13.7. The van der Waals surface area contributed by atoms with Crippen LogP contribution in [0.4, 0.5) is 4.39 Å². The van der Waals surface area contributed by atoms with Crippen molar-refractivity contribution in [2.45, 2.75) is 18.1 Å². The van der Waals surface area contributed by atoms with Gasteiger partial charge in [-0.2, -0.15) is 5.26 Å². The number of halogens is 1. The summed E-state index contributed by atoms with van der Waals surface area (Å²) in [6.45, 7) is 0. The fraction of sp³-hybridized carbons (Fsp3) is 0.200. The zero-order valence-corrected chi connectivity index (χ0v) is 14.5. The first-order chi connectivity index (χ1) is 12.6. The molecule has 0 aliphatic carbocycles. The lowest BCUT2D eigenvalue weighted by molar-refractivity contribution is -0.149. The van der Waals surface area contributed by atoms with Gasteiger partial charge in [0.2, 0.25) is 5.91 Å². The number of fused-ring (bicyclic) bond motifs is 1. The van der Waals surface area contributed by atoms with Crippen molar-refractivity contribution in [1.82, 2.24) is 4.90 Å². The van der Waals surface area contributed by atoms with E-state index in [1.807, 2.05) is 6.07 Å². The van der Waals surface area contributed by atoms with Crippen LogP contribution in [0.2, 0.25) is 0 Å². The van der Waals surface area contributed by atoms with E-state index in [9.17, 15) is 19.6 Å². The molecule has 6 heteroatoms. The van der Waals surface area contributed by atoms with Crippen LogP contribution in [-0.4, -0.2) is 21.7 Å². The molecule has 26 heavy (non-hydrogen) atoms. The molecule has 2 heterocycles. The van der Waals surface area contributed by atoms with Gasteiger partial charge in [-0.3, -0.25) is 9.69 Å². The number of rotatable bonds is 2. The summed E-state index contributed by atoms with van der Waals surface area (Å²) in [5.41, 5.74) is -0.245. The smallest absolute Gasteiger partial charge is 0.231 e. The Kier molecular flexibility index (Phi) is 4.06. The lowest BCUT2D eigenvalue weighted by Crippen LogP contribution is -2.48. The number of hydrogen-bond acceptors (Lipinski definition) is 4. The van der Waals surface area contributed by atoms with Crippen LogP contribution >= 0.6 is 11.8 Å². The molecule has 0 aromatic heterocycles. The van der Waals surface area contributed by atoms with Gasteiger partial charge in [-0.1, -0.05) is 48.5 Å². The molecule has 130 valence electrons. The minimum atomic E-state index is -1.50. The van der Waals surface area contributed by atoms with Gasteiger partial charge in [0, 0.05) is 17.9 Å². The number of aliphatic hydroxyl groups is 1. The number of thioether (sulfide) groups is 1. The predicted molar refractivity (Wildman–Crippen MR) is 96.0 cm³/mol. The molecule has 2 atom stereocenters. The van der Waals surface area contributed by atoms with Crippen molar-refractivity contribution in [3.05, 3.63) is 82.1 Å². The normalized spacial score (nSPS) is 25.2. The number of allylic oxidation sites excluding steroid dienone is 1. The van der Waals surface area contributed by atoms with Gasteiger partial charge in [-0.05, 0) is 11.6 Å². The van der Waals surface area contributed by atoms with Crippen molar-refractivity contribution in [1.29, 1.82) is 5.26 Å². The maximum Gasteiger partial charge on any atom is 0.231 e. The molecule has 2 aliphatic heterocycles. The summed E-state index contributed by atoms with van der Waals surface area (Å²) in [5.74, 6) is -1.16. The summed E-state index contributed by atoms with van der Waals surface area (Å²) in [6.07, 6.45) is -0.0525. The molecule has 4 nitrogen and oxygen atoms in total. The van der Waals surface area contributed by atoms with Crippen LogP contribution in [0.15, 0.2) is 65.2 Å². The highest BCUT2D eigenvalue weighted by Gasteiger charge is 2.51. The van der Waals surface area contributed by atoms with Gasteiger partial charge < -0.3 is 5.11 Å². The molecule has 1 N–H and O–H groups in total. The van der Waals surface area contributed by atoms with E-state index < -0.39 is 17.5 Å². The average Bonchev–Trinajstić information content (AvgIpc) is 3.02. The highest BCUT2D eigenvalue weighted by Crippen LogP contribution is 2.51. The summed E-state index contributed by atoms with van der Waals surface area (Å²) in [6, 6.07) is 17.3. The van der Waals surface area contributed by atoms with E-state index in [1.165, 1.54) is 22.7 Å². The van der Waals surface area contributed by atoms with Crippen LogP contribution in [0, 0.1) is 17.1 Å². The first-order valence-electron chi connectivity index (χ1n) is 8.18. The van der Waals surface area contributed by atoms with Crippen LogP contribution in [0.5, 0.6) is 0 Å². The van der Waals surface area contributed by atoms with Crippen LogP contribution in [0.3, 0.4) is 0 Å². The minimum Gasteiger partial charge on any atom is -0.366 e. The van der Waals surface area contributed by atoms with Gasteiger partial charge >= 0.3 is 0 Å². The maximum atomic E-state index is 14.3. The van der Waals surface area contributed by atoms with E-state index in [0.29, 0.717) is 21.7 Å². The molecule has 0 saturated carbocycles. The van der Waals surface area contributed by atoms with Gasteiger partial charge in [0.1, 0.15) is 5.82 Å². The Morgan fingerprint density at radius 1 is 1.19 bits per heavy atom. The number of carbonyl (C=O) groups is 1. The third-order valence-corrected chi connectivity index (χ3v) is 6.05. The molecular formula is C20H15FN2O2S. The first-order valence-corrected chi connectivity index (χ1v) is 9.17. The average molecular weight is 366 g/mol. The van der Waals surface area contributed by atoms with E-state index in [1.54, 1.807) is 42.5 Å². The molecular weight excluding hydrogens is 351 g/mol. The van der Waals surface area contributed by atoms with E-state index in [2.05, 4.69) is 6.07 Å². The maximum absolute atomic E-state index is 14.3. The summed E-state index contributed by atoms with van der Waals surface area (Å²) in [7, 11) is 0. The third-order valence-electron chi connectivity index (χ3n) is 4.83. The zero-order chi connectivity index (χ0) is 18.3. The second-order valence-electron chi connectivity index (χ2n) is 6.31.